The maximum absolute atomic E-state index is 12.7. The molecule has 1 aromatic carbocycles. The molecule has 1 saturated carbocycles. The first-order chi connectivity index (χ1) is 14.1. The Morgan fingerprint density at radius 3 is 2.62 bits per heavy atom. The van der Waals surface area contributed by atoms with E-state index >= 15 is 0 Å². The van der Waals surface area contributed by atoms with Gasteiger partial charge in [-0.3, -0.25) is 4.79 Å². The van der Waals surface area contributed by atoms with Crippen LogP contribution in [0.4, 0.5) is 10.5 Å². The predicted molar refractivity (Wildman–Crippen MR) is 110 cm³/mol. The second kappa shape index (κ2) is 8.69. The molecule has 1 aromatic heterocycles. The molecule has 0 bridgehead atoms. The van der Waals surface area contributed by atoms with E-state index in [0.717, 1.165) is 19.3 Å². The highest BCUT2D eigenvalue weighted by molar-refractivity contribution is 6.32. The summed E-state index contributed by atoms with van der Waals surface area (Å²) in [5.41, 5.74) is 0.585. The second-order valence-corrected chi connectivity index (χ2v) is 7.69. The number of para-hydroxylation sites is 1. The molecule has 7 nitrogen and oxygen atoms in total. The van der Waals surface area contributed by atoms with Gasteiger partial charge in [0, 0.05) is 50.0 Å². The Bertz CT molecular complexity index is 903. The molecule has 4 rings (SSSR count). The monoisotopic (exact) mass is 414 g/mol. The lowest BCUT2D eigenvalue weighted by Gasteiger charge is -2.22. The lowest BCUT2D eigenvalue weighted by molar-refractivity contribution is -0.132. The van der Waals surface area contributed by atoms with Gasteiger partial charge < -0.3 is 19.9 Å². The smallest absolute Gasteiger partial charge is 0.321 e. The minimum absolute atomic E-state index is 0.194. The summed E-state index contributed by atoms with van der Waals surface area (Å²) in [7, 11) is 0. The summed E-state index contributed by atoms with van der Waals surface area (Å²) in [6.45, 7) is 2.44. The van der Waals surface area contributed by atoms with E-state index in [-0.39, 0.29) is 17.9 Å². The molecule has 1 aliphatic carbocycles. The van der Waals surface area contributed by atoms with E-state index in [9.17, 15) is 9.59 Å². The predicted octanol–water partition coefficient (Wildman–Crippen LogP) is 4.00. The van der Waals surface area contributed by atoms with Gasteiger partial charge in [-0.25, -0.2) is 9.78 Å². The number of hydrogen-bond acceptors (Lipinski definition) is 4. The van der Waals surface area contributed by atoms with Crippen LogP contribution in [0.1, 0.15) is 19.3 Å². The van der Waals surface area contributed by atoms with Crippen molar-refractivity contribution in [2.24, 2.45) is 5.92 Å². The minimum Gasteiger partial charge on any atom is -0.437 e. The molecule has 2 fully saturated rings. The third-order valence-electron chi connectivity index (χ3n) is 5.06. The van der Waals surface area contributed by atoms with Crippen molar-refractivity contribution < 1.29 is 14.3 Å². The number of urea groups is 1. The average molecular weight is 415 g/mol. The largest absolute Gasteiger partial charge is 0.437 e. The summed E-state index contributed by atoms with van der Waals surface area (Å²) < 4.78 is 5.71. The highest BCUT2D eigenvalue weighted by Crippen LogP contribution is 2.31. The first-order valence-corrected chi connectivity index (χ1v) is 10.2. The number of halogens is 1. The van der Waals surface area contributed by atoms with Gasteiger partial charge in [-0.15, -0.1) is 0 Å². The number of pyridine rings is 1. The number of anilines is 1. The first-order valence-electron chi connectivity index (χ1n) is 9.83. The zero-order valence-electron chi connectivity index (χ0n) is 16.0. The van der Waals surface area contributed by atoms with Crippen molar-refractivity contribution in [3.63, 3.8) is 0 Å². The molecule has 8 heteroatoms. The van der Waals surface area contributed by atoms with Gasteiger partial charge in [-0.05, 0) is 37.5 Å². The Balaban J connectivity index is 1.35. The third-order valence-corrected chi connectivity index (χ3v) is 5.37. The van der Waals surface area contributed by atoms with Crippen LogP contribution in [0.15, 0.2) is 42.6 Å². The van der Waals surface area contributed by atoms with Gasteiger partial charge >= 0.3 is 6.03 Å². The molecular weight excluding hydrogens is 392 g/mol. The Morgan fingerprint density at radius 2 is 1.83 bits per heavy atom. The minimum atomic E-state index is -0.194. The highest BCUT2D eigenvalue weighted by Gasteiger charge is 2.34. The molecule has 3 amide bonds. The number of amides is 3. The van der Waals surface area contributed by atoms with Gasteiger partial charge in [0.2, 0.25) is 11.8 Å². The molecular formula is C21H23ClN4O3. The number of benzene rings is 1. The van der Waals surface area contributed by atoms with Gasteiger partial charge in [-0.1, -0.05) is 23.7 Å². The summed E-state index contributed by atoms with van der Waals surface area (Å²) in [6.07, 6.45) is 4.35. The number of nitrogens with one attached hydrogen (secondary N) is 1. The summed E-state index contributed by atoms with van der Waals surface area (Å²) in [5, 5.41) is 3.37. The summed E-state index contributed by atoms with van der Waals surface area (Å²) in [4.78, 5) is 32.8. The molecule has 0 spiro atoms. The topological polar surface area (TPSA) is 74.8 Å². The normalized spacial score (nSPS) is 16.9. The Kier molecular flexibility index (Phi) is 5.85. The maximum atomic E-state index is 12.7. The zero-order chi connectivity index (χ0) is 20.2. The lowest BCUT2D eigenvalue weighted by atomic mass is 10.3. The van der Waals surface area contributed by atoms with Gasteiger partial charge in [0.1, 0.15) is 5.75 Å². The van der Waals surface area contributed by atoms with E-state index in [2.05, 4.69) is 10.3 Å². The molecule has 29 heavy (non-hydrogen) atoms. The molecule has 0 radical (unpaired) electrons. The van der Waals surface area contributed by atoms with Gasteiger partial charge in [0.25, 0.3) is 0 Å². The van der Waals surface area contributed by atoms with E-state index in [4.69, 9.17) is 16.3 Å². The van der Waals surface area contributed by atoms with Crippen LogP contribution >= 0.6 is 11.6 Å². The number of carbonyl (C=O) groups is 2. The van der Waals surface area contributed by atoms with E-state index in [1.165, 1.54) is 0 Å². The van der Waals surface area contributed by atoms with Crippen LogP contribution in [0.5, 0.6) is 11.6 Å². The number of hydrogen-bond donors (Lipinski definition) is 1. The summed E-state index contributed by atoms with van der Waals surface area (Å²) in [6, 6.07) is 10.3. The highest BCUT2D eigenvalue weighted by atomic mass is 35.5. The Labute approximate surface area is 174 Å². The fourth-order valence-electron chi connectivity index (χ4n) is 3.32. The zero-order valence-corrected chi connectivity index (χ0v) is 16.8. The first kappa shape index (κ1) is 19.5. The average Bonchev–Trinajstić information content (AvgIpc) is 3.56. The SMILES string of the molecule is O=C(Nc1ccnc(Oc2ccccc2Cl)c1)N1CCCN(C(=O)C2CC2)CC1. The van der Waals surface area contributed by atoms with E-state index in [0.29, 0.717) is 48.5 Å². The van der Waals surface area contributed by atoms with Crippen molar-refractivity contribution in [1.29, 1.82) is 0 Å². The number of ether oxygens (including phenoxy) is 1. The molecule has 1 saturated heterocycles. The van der Waals surface area contributed by atoms with Crippen molar-refractivity contribution >= 4 is 29.2 Å². The van der Waals surface area contributed by atoms with Gasteiger partial charge in [0.05, 0.1) is 5.02 Å². The van der Waals surface area contributed by atoms with Crippen LogP contribution in [0.25, 0.3) is 0 Å². The van der Waals surface area contributed by atoms with E-state index in [1.54, 1.807) is 35.4 Å². The van der Waals surface area contributed by atoms with Crippen LogP contribution in [-0.2, 0) is 4.79 Å². The quantitative estimate of drug-likeness (QED) is 0.820. The van der Waals surface area contributed by atoms with Crippen LogP contribution in [0, 0.1) is 5.92 Å². The molecule has 2 aliphatic rings. The van der Waals surface area contributed by atoms with Crippen molar-refractivity contribution in [3.8, 4) is 11.6 Å². The third kappa shape index (κ3) is 4.98. The van der Waals surface area contributed by atoms with Crippen molar-refractivity contribution in [3.05, 3.63) is 47.6 Å². The summed E-state index contributed by atoms with van der Waals surface area (Å²) >= 11 is 6.12. The molecule has 2 aromatic rings. The number of nitrogens with zero attached hydrogens (tertiary/aromatic N) is 3. The van der Waals surface area contributed by atoms with Gasteiger partial charge in [0.15, 0.2) is 0 Å². The standard InChI is InChI=1S/C21H23ClN4O3/c22-17-4-1-2-5-18(17)29-19-14-16(8-9-23-19)24-21(28)26-11-3-10-25(12-13-26)20(27)15-6-7-15/h1-2,4-5,8-9,14-15H,3,6-7,10-13H2,(H,23,24,28). The number of rotatable bonds is 4. The van der Waals surface area contributed by atoms with Crippen molar-refractivity contribution in [1.82, 2.24) is 14.8 Å². The molecule has 152 valence electrons. The number of carbonyl (C=O) groups excluding carboxylic acids is 2. The maximum Gasteiger partial charge on any atom is 0.321 e. The molecule has 0 atom stereocenters. The summed E-state index contributed by atoms with van der Waals surface area (Å²) in [5.74, 6) is 1.29. The van der Waals surface area contributed by atoms with Crippen molar-refractivity contribution in [2.75, 3.05) is 31.5 Å². The molecule has 0 unspecified atom stereocenters. The molecule has 1 N–H and O–H groups in total. The Morgan fingerprint density at radius 1 is 1.07 bits per heavy atom. The Hall–Kier alpha value is -2.80. The van der Waals surface area contributed by atoms with Crippen LogP contribution in [0.3, 0.4) is 0 Å². The van der Waals surface area contributed by atoms with Crippen molar-refractivity contribution in [2.45, 2.75) is 19.3 Å². The van der Waals surface area contributed by atoms with Gasteiger partial charge in [-0.2, -0.15) is 0 Å². The van der Waals surface area contributed by atoms with E-state index < -0.39 is 0 Å². The second-order valence-electron chi connectivity index (χ2n) is 7.29. The van der Waals surface area contributed by atoms with Crippen LogP contribution in [0.2, 0.25) is 5.02 Å². The van der Waals surface area contributed by atoms with Crippen LogP contribution in [-0.4, -0.2) is 52.9 Å². The fourth-order valence-corrected chi connectivity index (χ4v) is 3.49. The number of aromatic nitrogens is 1. The fraction of sp³-hybridized carbons (Fsp3) is 0.381. The molecule has 2 heterocycles. The molecule has 1 aliphatic heterocycles. The van der Waals surface area contributed by atoms with E-state index in [1.807, 2.05) is 17.0 Å². The van der Waals surface area contributed by atoms with Crippen LogP contribution < -0.4 is 10.1 Å². The lowest BCUT2D eigenvalue weighted by Crippen LogP contribution is -2.39.